The number of unbranched alkanes of at least 4 members (excludes halogenated alkanes) is 3. The zero-order valence-electron chi connectivity index (χ0n) is 8.68. The van der Waals surface area contributed by atoms with Crippen molar-refractivity contribution in [3.8, 4) is 0 Å². The summed E-state index contributed by atoms with van der Waals surface area (Å²) < 4.78 is 80.7. The largest absolute Gasteiger partial charge is 0.743 e. The molecule has 0 radical (unpaired) electrons. The lowest BCUT2D eigenvalue weighted by Crippen LogP contribution is -2.46. The van der Waals surface area contributed by atoms with Crippen LogP contribution in [0.3, 0.4) is 0 Å². The van der Waals surface area contributed by atoms with Gasteiger partial charge in [-0.1, -0.05) is 26.2 Å². The predicted octanol–water partition coefficient (Wildman–Crippen LogP) is 2.73. The number of alkyl halides is 4. The van der Waals surface area contributed by atoms with Crippen LogP contribution in [0, 0.1) is 0 Å². The van der Waals surface area contributed by atoms with Crippen molar-refractivity contribution in [2.75, 3.05) is 0 Å². The van der Waals surface area contributed by atoms with Crippen molar-refractivity contribution >= 4 is 10.1 Å². The van der Waals surface area contributed by atoms with Crippen molar-refractivity contribution in [2.24, 2.45) is 0 Å². The summed E-state index contributed by atoms with van der Waals surface area (Å²) in [7, 11) is -6.34. The van der Waals surface area contributed by atoms with Gasteiger partial charge in [-0.25, -0.2) is 8.42 Å². The van der Waals surface area contributed by atoms with E-state index in [1.165, 1.54) is 0 Å². The monoisotopic (exact) mass is 265 g/mol. The highest BCUT2D eigenvalue weighted by Gasteiger charge is 2.60. The summed E-state index contributed by atoms with van der Waals surface area (Å²) in [6, 6.07) is 0. The SMILES string of the molecule is CCCCCCC(F)(F)C(F)(F)S(=O)(=O)[O-]. The molecule has 0 spiro atoms. The summed E-state index contributed by atoms with van der Waals surface area (Å²) >= 11 is 0. The molecule has 0 rings (SSSR count). The van der Waals surface area contributed by atoms with Crippen LogP contribution in [0.2, 0.25) is 0 Å². The second-order valence-corrected chi connectivity index (χ2v) is 4.91. The Bertz CT molecular complexity index is 313. The number of halogens is 4. The van der Waals surface area contributed by atoms with Crippen LogP contribution < -0.4 is 0 Å². The fourth-order valence-electron chi connectivity index (χ4n) is 1.10. The van der Waals surface area contributed by atoms with Gasteiger partial charge in [0.2, 0.25) is 0 Å². The van der Waals surface area contributed by atoms with E-state index in [1.54, 1.807) is 6.92 Å². The van der Waals surface area contributed by atoms with Crippen LogP contribution >= 0.6 is 0 Å². The average molecular weight is 265 g/mol. The highest BCUT2D eigenvalue weighted by Crippen LogP contribution is 2.41. The third-order valence-electron chi connectivity index (χ3n) is 2.08. The van der Waals surface area contributed by atoms with E-state index in [0.717, 1.165) is 6.42 Å². The van der Waals surface area contributed by atoms with E-state index < -0.39 is 27.7 Å². The van der Waals surface area contributed by atoms with Gasteiger partial charge in [0.25, 0.3) is 0 Å². The molecule has 0 amide bonds. The van der Waals surface area contributed by atoms with Gasteiger partial charge in [0.05, 0.1) is 0 Å². The van der Waals surface area contributed by atoms with Gasteiger partial charge in [-0.15, -0.1) is 0 Å². The fraction of sp³-hybridized carbons (Fsp3) is 1.00. The molecule has 0 N–H and O–H groups in total. The molecule has 0 atom stereocenters. The first-order valence-corrected chi connectivity index (χ1v) is 6.18. The van der Waals surface area contributed by atoms with Gasteiger partial charge in [-0.3, -0.25) is 0 Å². The Balaban J connectivity index is 4.54. The molecule has 0 heterocycles. The smallest absolute Gasteiger partial charge is 0.396 e. The summed E-state index contributed by atoms with van der Waals surface area (Å²) in [6.45, 7) is 1.80. The molecule has 3 nitrogen and oxygen atoms in total. The van der Waals surface area contributed by atoms with Gasteiger partial charge in [0.15, 0.2) is 10.1 Å². The highest BCUT2D eigenvalue weighted by atomic mass is 32.2. The van der Waals surface area contributed by atoms with Crippen molar-refractivity contribution in [1.82, 2.24) is 0 Å². The molecule has 16 heavy (non-hydrogen) atoms. The van der Waals surface area contributed by atoms with E-state index in [0.29, 0.717) is 12.8 Å². The molecule has 0 aliphatic carbocycles. The van der Waals surface area contributed by atoms with Crippen molar-refractivity contribution in [3.63, 3.8) is 0 Å². The molecular formula is C8H13F4O3S-. The summed E-state index contributed by atoms with van der Waals surface area (Å²) in [6.07, 6.45) is 0.0576. The van der Waals surface area contributed by atoms with Crippen LogP contribution in [-0.4, -0.2) is 24.1 Å². The molecule has 0 bridgehead atoms. The molecule has 0 saturated carbocycles. The molecule has 0 aromatic heterocycles. The van der Waals surface area contributed by atoms with Crippen LogP contribution in [0.4, 0.5) is 17.6 Å². The lowest BCUT2D eigenvalue weighted by molar-refractivity contribution is -0.165. The third kappa shape index (κ3) is 3.58. The molecule has 98 valence electrons. The minimum Gasteiger partial charge on any atom is -0.743 e. The van der Waals surface area contributed by atoms with Crippen LogP contribution in [0.25, 0.3) is 0 Å². The van der Waals surface area contributed by atoms with E-state index in [-0.39, 0.29) is 6.42 Å². The van der Waals surface area contributed by atoms with Crippen molar-refractivity contribution in [2.45, 2.75) is 50.2 Å². The minimum absolute atomic E-state index is 0.244. The van der Waals surface area contributed by atoms with E-state index in [9.17, 15) is 30.5 Å². The standard InChI is InChI=1S/C8H14F4O3S/c1-2-3-4-5-6-7(9,10)8(11,12)16(13,14)15/h2-6H2,1H3,(H,13,14,15)/p-1. The Morgan fingerprint density at radius 3 is 1.94 bits per heavy atom. The van der Waals surface area contributed by atoms with Gasteiger partial charge in [-0.05, 0) is 6.42 Å². The van der Waals surface area contributed by atoms with Gasteiger partial charge >= 0.3 is 11.2 Å². The van der Waals surface area contributed by atoms with Gasteiger partial charge in [0.1, 0.15) is 0 Å². The van der Waals surface area contributed by atoms with Crippen molar-refractivity contribution in [1.29, 1.82) is 0 Å². The fourth-order valence-corrected chi connectivity index (χ4v) is 1.57. The van der Waals surface area contributed by atoms with Gasteiger partial charge in [0, 0.05) is 6.42 Å². The zero-order chi connectivity index (χ0) is 13.0. The second-order valence-electron chi connectivity index (χ2n) is 3.49. The van der Waals surface area contributed by atoms with E-state index >= 15 is 0 Å². The van der Waals surface area contributed by atoms with Crippen LogP contribution in [0.1, 0.15) is 39.0 Å². The van der Waals surface area contributed by atoms with Gasteiger partial charge in [-0.2, -0.15) is 17.6 Å². The Morgan fingerprint density at radius 1 is 1.06 bits per heavy atom. The molecule has 0 aliphatic rings. The van der Waals surface area contributed by atoms with E-state index in [1.807, 2.05) is 0 Å². The van der Waals surface area contributed by atoms with Crippen LogP contribution in [0.5, 0.6) is 0 Å². The summed E-state index contributed by atoms with van der Waals surface area (Å²) in [5, 5.41) is -5.54. The first-order chi connectivity index (χ1) is 7.06. The molecule has 0 aromatic rings. The zero-order valence-corrected chi connectivity index (χ0v) is 9.50. The van der Waals surface area contributed by atoms with Gasteiger partial charge < -0.3 is 4.55 Å². The second kappa shape index (κ2) is 5.31. The minimum atomic E-state index is -6.34. The Labute approximate surface area is 91.6 Å². The Kier molecular flexibility index (Phi) is 5.18. The van der Waals surface area contributed by atoms with Crippen molar-refractivity contribution < 1.29 is 30.5 Å². The maximum Gasteiger partial charge on any atom is 0.396 e. The molecule has 8 heteroatoms. The molecule has 0 aromatic carbocycles. The summed E-state index contributed by atoms with van der Waals surface area (Å²) in [5.74, 6) is -4.80. The summed E-state index contributed by atoms with van der Waals surface area (Å²) in [5.41, 5.74) is 0. The lowest BCUT2D eigenvalue weighted by atomic mass is 10.1. The number of rotatable bonds is 7. The maximum atomic E-state index is 12.8. The molecule has 0 aliphatic heterocycles. The maximum absolute atomic E-state index is 12.8. The predicted molar refractivity (Wildman–Crippen MR) is 48.4 cm³/mol. The van der Waals surface area contributed by atoms with E-state index in [2.05, 4.69) is 0 Å². The highest BCUT2D eigenvalue weighted by molar-refractivity contribution is 7.86. The average Bonchev–Trinajstić information content (AvgIpc) is 2.10. The molecule has 0 unspecified atom stereocenters. The third-order valence-corrected chi connectivity index (χ3v) is 3.01. The Morgan fingerprint density at radius 2 is 1.56 bits per heavy atom. The number of hydrogen-bond acceptors (Lipinski definition) is 3. The quantitative estimate of drug-likeness (QED) is 0.404. The van der Waals surface area contributed by atoms with E-state index in [4.69, 9.17) is 0 Å². The first kappa shape index (κ1) is 15.6. The molecule has 0 saturated heterocycles. The topological polar surface area (TPSA) is 57.2 Å². The Hall–Kier alpha value is -0.370. The van der Waals surface area contributed by atoms with Crippen molar-refractivity contribution in [3.05, 3.63) is 0 Å². The first-order valence-electron chi connectivity index (χ1n) is 4.77. The number of hydrogen-bond donors (Lipinski definition) is 0. The summed E-state index contributed by atoms with van der Waals surface area (Å²) in [4.78, 5) is 0. The van der Waals surface area contributed by atoms with Crippen LogP contribution in [-0.2, 0) is 10.1 Å². The molecular weight excluding hydrogens is 252 g/mol. The molecule has 0 fully saturated rings. The lowest BCUT2D eigenvalue weighted by Gasteiger charge is -2.28. The van der Waals surface area contributed by atoms with Crippen LogP contribution in [0.15, 0.2) is 0 Å². The normalized spacial score (nSPS) is 14.1.